The summed E-state index contributed by atoms with van der Waals surface area (Å²) in [7, 11) is 0. The maximum Gasteiger partial charge on any atom is 0.411 e. The van der Waals surface area contributed by atoms with E-state index in [1.807, 2.05) is 0 Å². The number of rotatable bonds is 6. The van der Waals surface area contributed by atoms with Gasteiger partial charge in [0.05, 0.1) is 0 Å². The van der Waals surface area contributed by atoms with Crippen LogP contribution in [0.1, 0.15) is 11.1 Å². The molecule has 10 heteroatoms. The summed E-state index contributed by atoms with van der Waals surface area (Å²) in [5.74, 6) is 0.639. The monoisotopic (exact) mass is 518 g/mol. The van der Waals surface area contributed by atoms with E-state index in [9.17, 15) is 26.3 Å². The van der Waals surface area contributed by atoms with Gasteiger partial charge in [-0.2, -0.15) is 26.3 Å². The maximum absolute atomic E-state index is 14.4. The van der Waals surface area contributed by atoms with Gasteiger partial charge in [0, 0.05) is 23.5 Å². The highest BCUT2D eigenvalue weighted by molar-refractivity contribution is 5.50. The van der Waals surface area contributed by atoms with Crippen molar-refractivity contribution in [1.29, 1.82) is 0 Å². The minimum absolute atomic E-state index is 0.0403. The van der Waals surface area contributed by atoms with Crippen molar-refractivity contribution in [2.75, 3.05) is 11.5 Å². The van der Waals surface area contributed by atoms with Crippen LogP contribution >= 0.6 is 0 Å². The van der Waals surface area contributed by atoms with E-state index in [0.717, 1.165) is 48.5 Å². The van der Waals surface area contributed by atoms with E-state index in [-0.39, 0.29) is 23.0 Å². The Kier molecular flexibility index (Phi) is 6.68. The van der Waals surface area contributed by atoms with Crippen molar-refractivity contribution in [3.8, 4) is 23.0 Å². The Bertz CT molecular complexity index is 1260. The van der Waals surface area contributed by atoms with Crippen LogP contribution in [0.3, 0.4) is 0 Å². The molecule has 0 heterocycles. The Balaban J connectivity index is 1.73. The van der Waals surface area contributed by atoms with E-state index in [1.165, 1.54) is 12.1 Å². The molecular formula is C27H20F6N2O2. The van der Waals surface area contributed by atoms with Crippen molar-refractivity contribution in [2.24, 2.45) is 0 Å². The smallest absolute Gasteiger partial charge is 0.411 e. The fourth-order valence-electron chi connectivity index (χ4n) is 3.96. The molecule has 4 aromatic carbocycles. The van der Waals surface area contributed by atoms with Gasteiger partial charge in [0.1, 0.15) is 23.0 Å². The molecule has 0 unspecified atom stereocenters. The van der Waals surface area contributed by atoms with Gasteiger partial charge in [-0.05, 0) is 59.7 Å². The zero-order chi connectivity index (χ0) is 26.8. The van der Waals surface area contributed by atoms with Crippen LogP contribution < -0.4 is 20.9 Å². The molecule has 0 radical (unpaired) electrons. The summed E-state index contributed by atoms with van der Waals surface area (Å²) < 4.78 is 97.5. The van der Waals surface area contributed by atoms with Crippen LogP contribution in [-0.2, 0) is 5.41 Å². The van der Waals surface area contributed by atoms with Crippen molar-refractivity contribution >= 4 is 11.4 Å². The number of hydrogen-bond acceptors (Lipinski definition) is 4. The van der Waals surface area contributed by atoms with E-state index < -0.39 is 28.9 Å². The average molecular weight is 518 g/mol. The van der Waals surface area contributed by atoms with Crippen molar-refractivity contribution in [2.45, 2.75) is 17.8 Å². The Morgan fingerprint density at radius 3 is 1.11 bits per heavy atom. The zero-order valence-electron chi connectivity index (χ0n) is 19.0. The quantitative estimate of drug-likeness (QED) is 0.202. The third-order valence-corrected chi connectivity index (χ3v) is 5.61. The molecule has 4 rings (SSSR count). The SMILES string of the molecule is Nc1cccc(Oc2ccc(C(c3ccc(Oc4cccc(N)c4)cc3)(C(F)(F)F)C(F)(F)F)cc2)c1. The fourth-order valence-corrected chi connectivity index (χ4v) is 3.96. The van der Waals surface area contributed by atoms with Crippen molar-refractivity contribution < 1.29 is 35.8 Å². The number of ether oxygens (including phenoxy) is 2. The van der Waals surface area contributed by atoms with E-state index in [2.05, 4.69) is 0 Å². The molecule has 0 bridgehead atoms. The summed E-state index contributed by atoms with van der Waals surface area (Å²) in [6, 6.07) is 19.6. The largest absolute Gasteiger partial charge is 0.457 e. The van der Waals surface area contributed by atoms with Gasteiger partial charge in [-0.25, -0.2) is 0 Å². The third-order valence-electron chi connectivity index (χ3n) is 5.61. The second kappa shape index (κ2) is 9.61. The molecule has 0 aliphatic heterocycles. The molecule has 0 amide bonds. The summed E-state index contributed by atoms with van der Waals surface area (Å²) >= 11 is 0. The molecule has 4 nitrogen and oxygen atoms in total. The van der Waals surface area contributed by atoms with Gasteiger partial charge in [-0.1, -0.05) is 36.4 Å². The fraction of sp³-hybridized carbons (Fsp3) is 0.111. The predicted octanol–water partition coefficient (Wildman–Crippen LogP) is 7.85. The number of benzene rings is 4. The first-order chi connectivity index (χ1) is 17.4. The number of halogens is 6. The molecule has 0 aliphatic carbocycles. The van der Waals surface area contributed by atoms with Gasteiger partial charge in [0.2, 0.25) is 5.41 Å². The zero-order valence-corrected chi connectivity index (χ0v) is 19.0. The normalized spacial score (nSPS) is 12.3. The Hall–Kier alpha value is -4.34. The highest BCUT2D eigenvalue weighted by atomic mass is 19.4. The lowest BCUT2D eigenvalue weighted by Gasteiger charge is -2.38. The van der Waals surface area contributed by atoms with Crippen LogP contribution in [0.2, 0.25) is 0 Å². The van der Waals surface area contributed by atoms with Gasteiger partial charge >= 0.3 is 12.4 Å². The van der Waals surface area contributed by atoms with Gasteiger partial charge in [-0.3, -0.25) is 0 Å². The molecule has 37 heavy (non-hydrogen) atoms. The lowest BCUT2D eigenvalue weighted by Crippen LogP contribution is -2.54. The number of alkyl halides is 6. The Morgan fingerprint density at radius 2 is 0.811 bits per heavy atom. The van der Waals surface area contributed by atoms with Gasteiger partial charge in [0.15, 0.2) is 0 Å². The predicted molar refractivity (Wildman–Crippen MR) is 128 cm³/mol. The molecule has 0 atom stereocenters. The molecule has 4 N–H and O–H groups in total. The highest BCUT2D eigenvalue weighted by Crippen LogP contribution is 2.56. The Labute approximate surface area is 208 Å². The number of anilines is 2. The van der Waals surface area contributed by atoms with Crippen LogP contribution in [0.5, 0.6) is 23.0 Å². The molecule has 0 saturated carbocycles. The van der Waals surface area contributed by atoms with Crippen LogP contribution in [0.15, 0.2) is 97.1 Å². The number of nitrogens with two attached hydrogens (primary N) is 2. The summed E-state index contributed by atoms with van der Waals surface area (Å²) in [6.07, 6.45) is -11.4. The summed E-state index contributed by atoms with van der Waals surface area (Å²) in [6.45, 7) is 0. The van der Waals surface area contributed by atoms with Crippen LogP contribution in [0.25, 0.3) is 0 Å². The summed E-state index contributed by atoms with van der Waals surface area (Å²) in [4.78, 5) is 0. The van der Waals surface area contributed by atoms with E-state index in [0.29, 0.717) is 11.4 Å². The highest BCUT2D eigenvalue weighted by Gasteiger charge is 2.72. The molecule has 192 valence electrons. The molecule has 0 fully saturated rings. The molecule has 0 aliphatic rings. The molecule has 4 aromatic rings. The standard InChI is InChI=1S/C27H20F6N2O2/c28-26(29,30)25(27(31,32)33,17-7-11-21(12-8-17)36-23-5-1-3-19(34)15-23)18-9-13-22(14-10-18)37-24-6-2-4-20(35)16-24/h1-16H,34-35H2. The third kappa shape index (κ3) is 5.13. The van der Waals surface area contributed by atoms with Gasteiger partial charge < -0.3 is 20.9 Å². The first kappa shape index (κ1) is 25.7. The van der Waals surface area contributed by atoms with Gasteiger partial charge in [-0.15, -0.1) is 0 Å². The topological polar surface area (TPSA) is 70.5 Å². The van der Waals surface area contributed by atoms with Crippen LogP contribution in [0, 0.1) is 0 Å². The molecule has 0 aromatic heterocycles. The lowest BCUT2D eigenvalue weighted by atomic mass is 9.73. The number of hydrogen-bond donors (Lipinski definition) is 2. The Morgan fingerprint density at radius 1 is 0.459 bits per heavy atom. The summed E-state index contributed by atoms with van der Waals surface area (Å²) in [5, 5.41) is 0. The lowest BCUT2D eigenvalue weighted by molar-refractivity contribution is -0.288. The molecule has 0 saturated heterocycles. The molecule has 0 spiro atoms. The second-order valence-corrected chi connectivity index (χ2v) is 8.14. The minimum atomic E-state index is -5.72. The van der Waals surface area contributed by atoms with Crippen molar-refractivity contribution in [1.82, 2.24) is 0 Å². The first-order valence-corrected chi connectivity index (χ1v) is 10.8. The average Bonchev–Trinajstić information content (AvgIpc) is 2.80. The van der Waals surface area contributed by atoms with E-state index in [4.69, 9.17) is 20.9 Å². The van der Waals surface area contributed by atoms with Crippen LogP contribution in [-0.4, -0.2) is 12.4 Å². The first-order valence-electron chi connectivity index (χ1n) is 10.8. The van der Waals surface area contributed by atoms with E-state index >= 15 is 0 Å². The second-order valence-electron chi connectivity index (χ2n) is 8.14. The number of nitrogen functional groups attached to an aromatic ring is 2. The minimum Gasteiger partial charge on any atom is -0.457 e. The van der Waals surface area contributed by atoms with Gasteiger partial charge in [0.25, 0.3) is 0 Å². The van der Waals surface area contributed by atoms with E-state index in [1.54, 1.807) is 36.4 Å². The van der Waals surface area contributed by atoms with Crippen molar-refractivity contribution in [3.63, 3.8) is 0 Å². The summed E-state index contributed by atoms with van der Waals surface area (Å²) in [5.41, 5.74) is 5.77. The molecular weight excluding hydrogens is 498 g/mol. The maximum atomic E-state index is 14.4. The van der Waals surface area contributed by atoms with Crippen LogP contribution in [0.4, 0.5) is 37.7 Å². The van der Waals surface area contributed by atoms with Crippen molar-refractivity contribution in [3.05, 3.63) is 108 Å².